The number of halogens is 1. The molecular weight excluding hydrogens is 437 g/mol. The summed E-state index contributed by atoms with van der Waals surface area (Å²) in [4.78, 5) is 52.3. The first kappa shape index (κ1) is 21.5. The number of carbonyl (C=O) groups is 4. The van der Waals surface area contributed by atoms with Gasteiger partial charge in [-0.05, 0) is 38.8 Å². The molecule has 3 aliphatic heterocycles. The molecule has 4 heterocycles. The molecule has 0 bridgehead atoms. The van der Waals surface area contributed by atoms with Crippen molar-refractivity contribution in [1.82, 2.24) is 10.5 Å². The van der Waals surface area contributed by atoms with Crippen molar-refractivity contribution >= 4 is 40.2 Å². The van der Waals surface area contributed by atoms with Crippen LogP contribution in [-0.4, -0.2) is 60.1 Å². The molecule has 0 aliphatic carbocycles. The Kier molecular flexibility index (Phi) is 4.78. The zero-order chi connectivity index (χ0) is 23.7. The highest BCUT2D eigenvalue weighted by molar-refractivity contribution is 6.22. The van der Waals surface area contributed by atoms with Crippen molar-refractivity contribution in [3.63, 3.8) is 0 Å². The average Bonchev–Trinajstić information content (AvgIpc) is 3.15. The number of esters is 1. The molecule has 1 N–H and O–H groups in total. The molecule has 2 saturated heterocycles. The third-order valence-corrected chi connectivity index (χ3v) is 6.65. The SMILES string of the molecule is CCOC(=O)c1noc2c(F)c3c(cc12)CC1(C(=O)CC(=O)NC1=O)[C@H]1[C@H](C)O[C@H](C)CN31. The Hall–Kier alpha value is -3.34. The fraction of sp³-hybridized carbons (Fsp3) is 0.500. The van der Waals surface area contributed by atoms with Gasteiger partial charge in [0.05, 0.1) is 42.4 Å². The molecule has 33 heavy (non-hydrogen) atoms. The van der Waals surface area contributed by atoms with Gasteiger partial charge in [-0.25, -0.2) is 9.18 Å². The number of imide groups is 1. The van der Waals surface area contributed by atoms with E-state index < -0.39 is 53.4 Å². The number of anilines is 1. The number of rotatable bonds is 2. The number of fused-ring (bicyclic) bond motifs is 5. The molecule has 0 radical (unpaired) electrons. The minimum absolute atomic E-state index is 0.0902. The monoisotopic (exact) mass is 459 g/mol. The van der Waals surface area contributed by atoms with Crippen LogP contribution < -0.4 is 10.2 Å². The number of hydrogen-bond donors (Lipinski definition) is 1. The molecule has 10 nitrogen and oxygen atoms in total. The number of aromatic nitrogens is 1. The molecule has 1 unspecified atom stereocenters. The molecule has 3 aliphatic rings. The number of Topliss-reactive ketones (excluding diaryl/α,β-unsaturated/α-hetero) is 1. The molecular formula is C22H22FN3O7. The van der Waals surface area contributed by atoms with Crippen LogP contribution in [0.2, 0.25) is 0 Å². The summed E-state index contributed by atoms with van der Waals surface area (Å²) in [7, 11) is 0. The molecule has 5 rings (SSSR count). The largest absolute Gasteiger partial charge is 0.461 e. The van der Waals surface area contributed by atoms with Crippen LogP contribution in [0.1, 0.15) is 43.2 Å². The van der Waals surface area contributed by atoms with Crippen LogP contribution in [0.3, 0.4) is 0 Å². The highest BCUT2D eigenvalue weighted by Crippen LogP contribution is 2.50. The summed E-state index contributed by atoms with van der Waals surface area (Å²) in [5.74, 6) is -3.46. The summed E-state index contributed by atoms with van der Waals surface area (Å²) < 4.78 is 31.9. The fourth-order valence-electron chi connectivity index (χ4n) is 5.49. The maximum absolute atomic E-state index is 15.8. The zero-order valence-corrected chi connectivity index (χ0v) is 18.3. The van der Waals surface area contributed by atoms with Crippen molar-refractivity contribution < 1.29 is 37.6 Å². The van der Waals surface area contributed by atoms with Crippen molar-refractivity contribution in [2.75, 3.05) is 18.1 Å². The minimum Gasteiger partial charge on any atom is -0.461 e. The molecule has 2 fully saturated rings. The minimum atomic E-state index is -1.65. The number of nitrogens with one attached hydrogen (secondary N) is 1. The number of carbonyl (C=O) groups excluding carboxylic acids is 4. The van der Waals surface area contributed by atoms with E-state index in [0.717, 1.165) is 0 Å². The van der Waals surface area contributed by atoms with Crippen molar-refractivity contribution in [2.45, 2.75) is 51.9 Å². The van der Waals surface area contributed by atoms with E-state index in [4.69, 9.17) is 14.0 Å². The van der Waals surface area contributed by atoms with E-state index in [1.54, 1.807) is 18.7 Å². The van der Waals surface area contributed by atoms with E-state index in [1.165, 1.54) is 6.07 Å². The number of hydrogen-bond acceptors (Lipinski definition) is 9. The van der Waals surface area contributed by atoms with Gasteiger partial charge in [-0.3, -0.25) is 19.7 Å². The second-order valence-corrected chi connectivity index (χ2v) is 8.70. The van der Waals surface area contributed by atoms with Gasteiger partial charge in [0.15, 0.2) is 17.3 Å². The highest BCUT2D eigenvalue weighted by atomic mass is 19.1. The van der Waals surface area contributed by atoms with Crippen molar-refractivity contribution in [2.24, 2.45) is 5.41 Å². The van der Waals surface area contributed by atoms with E-state index in [2.05, 4.69) is 10.5 Å². The van der Waals surface area contributed by atoms with Crippen molar-refractivity contribution in [3.05, 3.63) is 23.1 Å². The quantitative estimate of drug-likeness (QED) is 0.401. The summed E-state index contributed by atoms with van der Waals surface area (Å²) in [5, 5.41) is 6.07. The molecule has 1 spiro atoms. The third kappa shape index (κ3) is 2.91. The van der Waals surface area contributed by atoms with Gasteiger partial charge in [0.1, 0.15) is 5.41 Å². The molecule has 4 atom stereocenters. The maximum Gasteiger partial charge on any atom is 0.361 e. The zero-order valence-electron chi connectivity index (χ0n) is 18.3. The van der Waals surface area contributed by atoms with Crippen LogP contribution >= 0.6 is 0 Å². The number of piperidine rings is 1. The van der Waals surface area contributed by atoms with Gasteiger partial charge >= 0.3 is 5.97 Å². The lowest BCUT2D eigenvalue weighted by molar-refractivity contribution is -0.158. The summed E-state index contributed by atoms with van der Waals surface area (Å²) in [6, 6.07) is 0.678. The van der Waals surface area contributed by atoms with Crippen LogP contribution in [0.15, 0.2) is 10.6 Å². The smallest absolute Gasteiger partial charge is 0.361 e. The van der Waals surface area contributed by atoms with Crippen molar-refractivity contribution in [1.29, 1.82) is 0 Å². The Bertz CT molecular complexity index is 1200. The predicted octanol–water partition coefficient (Wildman–Crippen LogP) is 1.28. The lowest BCUT2D eigenvalue weighted by Gasteiger charge is -2.55. The van der Waals surface area contributed by atoms with Gasteiger partial charge in [0.2, 0.25) is 17.4 Å². The molecule has 2 aromatic rings. The van der Waals surface area contributed by atoms with Gasteiger partial charge in [-0.15, -0.1) is 0 Å². The number of morpholine rings is 1. The topological polar surface area (TPSA) is 128 Å². The number of ether oxygens (including phenoxy) is 2. The number of benzene rings is 1. The van der Waals surface area contributed by atoms with Gasteiger partial charge in [0.25, 0.3) is 0 Å². The van der Waals surface area contributed by atoms with E-state index in [0.29, 0.717) is 5.56 Å². The van der Waals surface area contributed by atoms with Crippen LogP contribution in [0, 0.1) is 11.2 Å². The van der Waals surface area contributed by atoms with Gasteiger partial charge in [-0.1, -0.05) is 5.16 Å². The molecule has 0 saturated carbocycles. The van der Waals surface area contributed by atoms with E-state index in [1.807, 2.05) is 6.92 Å². The number of nitrogens with zero attached hydrogens (tertiary/aromatic N) is 2. The molecule has 1 aromatic heterocycles. The Morgan fingerprint density at radius 1 is 1.36 bits per heavy atom. The normalized spacial score (nSPS) is 29.2. The average molecular weight is 459 g/mol. The van der Waals surface area contributed by atoms with E-state index >= 15 is 4.39 Å². The Labute approximate surface area is 187 Å². The Balaban J connectivity index is 1.75. The summed E-state index contributed by atoms with van der Waals surface area (Å²) in [5.41, 5.74) is -1.55. The number of amides is 2. The summed E-state index contributed by atoms with van der Waals surface area (Å²) in [6.07, 6.45) is -1.55. The van der Waals surface area contributed by atoms with Gasteiger partial charge in [0, 0.05) is 6.54 Å². The van der Waals surface area contributed by atoms with Crippen LogP contribution in [0.5, 0.6) is 0 Å². The van der Waals surface area contributed by atoms with Gasteiger partial charge in [-0.2, -0.15) is 0 Å². The van der Waals surface area contributed by atoms with Crippen LogP contribution in [0.25, 0.3) is 11.0 Å². The first-order valence-electron chi connectivity index (χ1n) is 10.8. The summed E-state index contributed by atoms with van der Waals surface area (Å²) in [6.45, 7) is 5.46. The second-order valence-electron chi connectivity index (χ2n) is 8.70. The first-order chi connectivity index (χ1) is 15.7. The number of ketones is 1. The van der Waals surface area contributed by atoms with E-state index in [-0.39, 0.29) is 48.0 Å². The molecule has 1 aromatic carbocycles. The third-order valence-electron chi connectivity index (χ3n) is 6.65. The van der Waals surface area contributed by atoms with Crippen LogP contribution in [-0.2, 0) is 30.3 Å². The van der Waals surface area contributed by atoms with Crippen molar-refractivity contribution in [3.8, 4) is 0 Å². The standard InChI is InChI=1S/C22H22FN3O7/c1-4-31-20(29)16-12-5-11-7-22(13(27)6-14(28)24-21(22)30)19-10(3)32-9(2)8-26(19)17(11)15(23)18(12)33-25-16/h5,9-10,19H,4,6-8H2,1-3H3,(H,24,28,30)/t9-,10+,19-,22?/m1/s1. The van der Waals surface area contributed by atoms with Gasteiger partial charge < -0.3 is 18.9 Å². The van der Waals surface area contributed by atoms with E-state index in [9.17, 15) is 19.2 Å². The summed E-state index contributed by atoms with van der Waals surface area (Å²) >= 11 is 0. The lowest BCUT2D eigenvalue weighted by Crippen LogP contribution is -2.72. The predicted molar refractivity (Wildman–Crippen MR) is 110 cm³/mol. The maximum atomic E-state index is 15.8. The van der Waals surface area contributed by atoms with Crippen LogP contribution in [0.4, 0.5) is 10.1 Å². The highest BCUT2D eigenvalue weighted by Gasteiger charge is 2.62. The molecule has 2 amide bonds. The molecule has 174 valence electrons. The lowest BCUT2D eigenvalue weighted by atomic mass is 9.63. The second kappa shape index (κ2) is 7.34. The fourth-order valence-corrected chi connectivity index (χ4v) is 5.49. The molecule has 11 heteroatoms. The first-order valence-corrected chi connectivity index (χ1v) is 10.8. The Morgan fingerprint density at radius 2 is 2.12 bits per heavy atom. The Morgan fingerprint density at radius 3 is 2.82 bits per heavy atom.